The van der Waals surface area contributed by atoms with Crippen molar-refractivity contribution in [3.63, 3.8) is 0 Å². The van der Waals surface area contributed by atoms with E-state index >= 15 is 0 Å². The minimum absolute atomic E-state index is 0.0491. The Balaban J connectivity index is 1.83. The third-order valence-corrected chi connectivity index (χ3v) is 5.71. The van der Waals surface area contributed by atoms with E-state index < -0.39 is 12.0 Å². The summed E-state index contributed by atoms with van der Waals surface area (Å²) in [6, 6.07) is -0.610. The minimum atomic E-state index is -1.10. The summed E-state index contributed by atoms with van der Waals surface area (Å²) in [6.07, 6.45) is 0. The summed E-state index contributed by atoms with van der Waals surface area (Å²) in [5.74, 6) is -0.504. The maximum absolute atomic E-state index is 11.8. The maximum atomic E-state index is 11.8. The van der Waals surface area contributed by atoms with Crippen LogP contribution in [-0.2, 0) is 16.6 Å². The second kappa shape index (κ2) is 5.31. The lowest BCUT2D eigenvalue weighted by molar-refractivity contribution is -0.147. The van der Waals surface area contributed by atoms with Crippen LogP contribution in [0.4, 0.5) is 0 Å². The van der Waals surface area contributed by atoms with Crippen LogP contribution in [0, 0.1) is 0 Å². The van der Waals surface area contributed by atoms with Gasteiger partial charge in [0.1, 0.15) is 17.1 Å². The summed E-state index contributed by atoms with van der Waals surface area (Å²) in [5, 5.41) is 20.8. The molecule has 1 aromatic heterocycles. The van der Waals surface area contributed by atoms with Crippen molar-refractivity contribution < 1.29 is 14.7 Å². The van der Waals surface area contributed by atoms with E-state index in [-0.39, 0.29) is 17.0 Å². The van der Waals surface area contributed by atoms with Crippen LogP contribution in [0.25, 0.3) is 0 Å². The highest BCUT2D eigenvalue weighted by molar-refractivity contribution is 8.01. The highest BCUT2D eigenvalue weighted by atomic mass is 32.2. The lowest BCUT2D eigenvalue weighted by Crippen LogP contribution is -2.68. The number of aliphatic carboxylic acids is 1. The lowest BCUT2D eigenvalue weighted by atomic mass is 10.0. The molecule has 1 aromatic rings. The van der Waals surface area contributed by atoms with E-state index in [0.29, 0.717) is 22.2 Å². The molecule has 1 unspecified atom stereocenters. The van der Waals surface area contributed by atoms with Gasteiger partial charge in [-0.3, -0.25) is 9.69 Å². The molecule has 2 aliphatic heterocycles. The second-order valence-electron chi connectivity index (χ2n) is 4.57. The fourth-order valence-electron chi connectivity index (χ4n) is 2.19. The molecule has 112 valence electrons. The fraction of sp³-hybridized carbons (Fsp3) is 0.500. The van der Waals surface area contributed by atoms with Crippen molar-refractivity contribution in [2.24, 2.45) is 12.8 Å². The Morgan fingerprint density at radius 3 is 3.00 bits per heavy atom. The van der Waals surface area contributed by atoms with Gasteiger partial charge >= 0.3 is 5.97 Å². The summed E-state index contributed by atoms with van der Waals surface area (Å²) in [5.41, 5.74) is 6.42. The molecule has 0 aromatic carbocycles. The zero-order chi connectivity index (χ0) is 15.1. The highest BCUT2D eigenvalue weighted by Gasteiger charge is 2.51. The van der Waals surface area contributed by atoms with E-state index in [9.17, 15) is 14.7 Å². The fourth-order valence-corrected chi connectivity index (χ4v) is 4.47. The van der Waals surface area contributed by atoms with Crippen molar-refractivity contribution in [1.82, 2.24) is 25.1 Å². The minimum Gasteiger partial charge on any atom is -0.477 e. The molecule has 21 heavy (non-hydrogen) atoms. The Hall–Kier alpha value is -1.59. The van der Waals surface area contributed by atoms with Gasteiger partial charge in [0.05, 0.1) is 0 Å². The van der Waals surface area contributed by atoms with Crippen LogP contribution in [0.1, 0.15) is 0 Å². The van der Waals surface area contributed by atoms with Crippen molar-refractivity contribution in [2.45, 2.75) is 16.6 Å². The Labute approximate surface area is 127 Å². The van der Waals surface area contributed by atoms with Crippen molar-refractivity contribution in [1.29, 1.82) is 0 Å². The monoisotopic (exact) mass is 328 g/mol. The highest BCUT2D eigenvalue weighted by Crippen LogP contribution is 2.40. The molecule has 0 saturated carbocycles. The van der Waals surface area contributed by atoms with Crippen molar-refractivity contribution in [3.05, 3.63) is 11.3 Å². The molecule has 3 rings (SSSR count). The SMILES string of the molecule is Cn1nnnc1SCC1=C(C(=O)O)N2C(=O)[C@H](N)C2SC1. The van der Waals surface area contributed by atoms with Gasteiger partial charge < -0.3 is 10.8 Å². The van der Waals surface area contributed by atoms with Gasteiger partial charge in [-0.25, -0.2) is 9.48 Å². The summed E-state index contributed by atoms with van der Waals surface area (Å²) in [7, 11) is 1.71. The van der Waals surface area contributed by atoms with E-state index in [2.05, 4.69) is 15.5 Å². The third-order valence-electron chi connectivity index (χ3n) is 3.25. The summed E-state index contributed by atoms with van der Waals surface area (Å²) in [4.78, 5) is 24.6. The normalized spacial score (nSPS) is 24.9. The number of fused-ring (bicyclic) bond motifs is 1. The van der Waals surface area contributed by atoms with Gasteiger partial charge in [0.25, 0.3) is 0 Å². The van der Waals surface area contributed by atoms with Crippen LogP contribution in [0.2, 0.25) is 0 Å². The Morgan fingerprint density at radius 1 is 1.62 bits per heavy atom. The average Bonchev–Trinajstić information content (AvgIpc) is 2.88. The number of hydrogen-bond acceptors (Lipinski definition) is 8. The molecule has 2 aliphatic rings. The summed E-state index contributed by atoms with van der Waals surface area (Å²) >= 11 is 2.82. The number of carbonyl (C=O) groups excluding carboxylic acids is 1. The maximum Gasteiger partial charge on any atom is 0.352 e. The van der Waals surface area contributed by atoms with Crippen LogP contribution in [0.5, 0.6) is 0 Å². The number of carbonyl (C=O) groups is 2. The van der Waals surface area contributed by atoms with Gasteiger partial charge in [0.15, 0.2) is 0 Å². The van der Waals surface area contributed by atoms with Gasteiger partial charge in [-0.05, 0) is 16.0 Å². The zero-order valence-electron chi connectivity index (χ0n) is 11.0. The van der Waals surface area contributed by atoms with Gasteiger partial charge in [-0.2, -0.15) is 0 Å². The first-order valence-corrected chi connectivity index (χ1v) is 8.05. The number of nitrogens with two attached hydrogens (primary N) is 1. The van der Waals surface area contributed by atoms with E-state index in [1.165, 1.54) is 33.1 Å². The van der Waals surface area contributed by atoms with E-state index in [1.807, 2.05) is 0 Å². The van der Waals surface area contributed by atoms with Crippen LogP contribution >= 0.6 is 23.5 Å². The standard InChI is InChI=1S/C10H12N6O3S2/c1-15-10(12-13-14-15)21-3-4-2-20-8-5(11)7(17)16(8)6(4)9(18)19/h5,8H,2-3,11H2,1H3,(H,18,19)/t5-,8?/m0/s1. The van der Waals surface area contributed by atoms with Crippen LogP contribution in [-0.4, -0.2) is 65.0 Å². The molecule has 1 amide bonds. The zero-order valence-corrected chi connectivity index (χ0v) is 12.6. The van der Waals surface area contributed by atoms with E-state index in [4.69, 9.17) is 5.73 Å². The molecule has 1 saturated heterocycles. The quantitative estimate of drug-likeness (QED) is 0.522. The number of amides is 1. The molecule has 0 aliphatic carbocycles. The van der Waals surface area contributed by atoms with Gasteiger partial charge in [0, 0.05) is 18.6 Å². The lowest BCUT2D eigenvalue weighted by Gasteiger charge is -2.48. The molecule has 3 N–H and O–H groups in total. The van der Waals surface area contributed by atoms with Crippen LogP contribution in [0.3, 0.4) is 0 Å². The second-order valence-corrected chi connectivity index (χ2v) is 6.61. The van der Waals surface area contributed by atoms with Gasteiger partial charge in [-0.15, -0.1) is 16.9 Å². The first kappa shape index (κ1) is 14.4. The number of rotatable bonds is 4. The number of carboxylic acid groups (broad SMARTS) is 1. The number of thioether (sulfide) groups is 2. The molecule has 11 heteroatoms. The molecular weight excluding hydrogens is 316 g/mol. The Morgan fingerprint density at radius 2 is 2.38 bits per heavy atom. The number of hydrogen-bond donors (Lipinski definition) is 2. The van der Waals surface area contributed by atoms with Crippen molar-refractivity contribution in [3.8, 4) is 0 Å². The third kappa shape index (κ3) is 2.30. The summed E-state index contributed by atoms with van der Waals surface area (Å²) < 4.78 is 1.51. The first-order valence-electron chi connectivity index (χ1n) is 6.01. The number of carboxylic acids is 1. The predicted molar refractivity (Wildman–Crippen MR) is 75.3 cm³/mol. The van der Waals surface area contributed by atoms with Crippen molar-refractivity contribution in [2.75, 3.05) is 11.5 Å². The molecule has 9 nitrogen and oxygen atoms in total. The molecule has 2 atom stereocenters. The van der Waals surface area contributed by atoms with Crippen molar-refractivity contribution >= 4 is 35.4 Å². The molecule has 1 fully saturated rings. The smallest absolute Gasteiger partial charge is 0.352 e. The number of tetrazole rings is 1. The number of aryl methyl sites for hydroxylation is 1. The average molecular weight is 328 g/mol. The number of nitrogens with zero attached hydrogens (tertiary/aromatic N) is 5. The first-order chi connectivity index (χ1) is 10.0. The summed E-state index contributed by atoms with van der Waals surface area (Å²) in [6.45, 7) is 0. The van der Waals surface area contributed by atoms with E-state index in [0.717, 1.165) is 0 Å². The topological polar surface area (TPSA) is 127 Å². The largest absolute Gasteiger partial charge is 0.477 e. The Bertz CT molecular complexity index is 644. The van der Waals surface area contributed by atoms with Gasteiger partial charge in [-0.1, -0.05) is 11.8 Å². The van der Waals surface area contributed by atoms with Gasteiger partial charge in [0.2, 0.25) is 11.1 Å². The molecule has 0 radical (unpaired) electrons. The molecule has 3 heterocycles. The molecular formula is C10H12N6O3S2. The molecule has 0 spiro atoms. The Kier molecular flexibility index (Phi) is 3.63. The van der Waals surface area contributed by atoms with Crippen LogP contribution < -0.4 is 5.73 Å². The van der Waals surface area contributed by atoms with Crippen LogP contribution in [0.15, 0.2) is 16.4 Å². The number of β-lactam (4-membered cyclic amide) rings is 1. The predicted octanol–water partition coefficient (Wildman–Crippen LogP) is -1.12. The number of aromatic nitrogens is 4. The molecule has 0 bridgehead atoms. The van der Waals surface area contributed by atoms with E-state index in [1.54, 1.807) is 7.05 Å².